The van der Waals surface area contributed by atoms with E-state index in [1.54, 1.807) is 20.8 Å². The van der Waals surface area contributed by atoms with Gasteiger partial charge in [-0.05, 0) is 39.0 Å². The molecule has 0 spiro atoms. The molecule has 0 radical (unpaired) electrons. The van der Waals surface area contributed by atoms with Gasteiger partial charge in [0.15, 0.2) is 0 Å². The van der Waals surface area contributed by atoms with Crippen LogP contribution in [0.3, 0.4) is 0 Å². The number of nitrogens with one attached hydrogen (secondary N) is 1. The lowest BCUT2D eigenvalue weighted by atomic mass is 9.82. The van der Waals surface area contributed by atoms with E-state index in [1.165, 1.54) is 25.2 Å². The van der Waals surface area contributed by atoms with Crippen molar-refractivity contribution in [3.63, 3.8) is 0 Å². The molecule has 2 heterocycles. The molecular formula is C18H23BrFN3O5S. The topological polar surface area (TPSA) is 97.3 Å². The lowest BCUT2D eigenvalue weighted by Gasteiger charge is -2.46. The average Bonchev–Trinajstić information content (AvgIpc) is 2.60. The zero-order chi connectivity index (χ0) is 21.6. The second kappa shape index (κ2) is 7.51. The Morgan fingerprint density at radius 3 is 2.79 bits per heavy atom. The van der Waals surface area contributed by atoms with Crippen molar-refractivity contribution in [1.82, 2.24) is 9.62 Å². The SMILES string of the molecule is CN1C(NC(=O)OC(C)(C)C)=NC2(c3cc(Br)ccc3F)CCOCC2S1(=O)=O. The molecule has 1 aromatic carbocycles. The number of halogens is 2. The maximum absolute atomic E-state index is 14.8. The van der Waals surface area contributed by atoms with Gasteiger partial charge >= 0.3 is 6.09 Å². The Hall–Kier alpha value is -1.72. The smallest absolute Gasteiger partial charge is 0.414 e. The van der Waals surface area contributed by atoms with Crippen molar-refractivity contribution in [1.29, 1.82) is 0 Å². The van der Waals surface area contributed by atoms with E-state index in [0.29, 0.717) is 4.47 Å². The monoisotopic (exact) mass is 491 g/mol. The summed E-state index contributed by atoms with van der Waals surface area (Å²) in [6, 6.07) is 4.29. The number of ether oxygens (including phenoxy) is 2. The Bertz CT molecular complexity index is 963. The van der Waals surface area contributed by atoms with Gasteiger partial charge in [-0.25, -0.2) is 26.9 Å². The molecule has 2 unspecified atom stereocenters. The van der Waals surface area contributed by atoms with Crippen LogP contribution in [0.2, 0.25) is 0 Å². The molecule has 11 heteroatoms. The molecule has 1 amide bonds. The average molecular weight is 492 g/mol. The number of benzene rings is 1. The highest BCUT2D eigenvalue weighted by Crippen LogP contribution is 2.45. The fourth-order valence-electron chi connectivity index (χ4n) is 3.45. The van der Waals surface area contributed by atoms with Gasteiger partial charge in [0, 0.05) is 30.1 Å². The standard InChI is InChI=1S/C18H23BrFN3O5S/c1-17(2,3)28-16(24)21-15-22-18(12-9-11(19)5-6-13(12)20)7-8-27-10-14(18)29(25,26)23(15)4/h5-6,9,14H,7-8,10H2,1-4H3,(H,21,22,24). The second-order valence-corrected chi connectivity index (χ2v) is 11.0. The molecule has 1 aromatic rings. The highest BCUT2D eigenvalue weighted by atomic mass is 79.9. The lowest BCUT2D eigenvalue weighted by Crippen LogP contribution is -2.62. The Labute approximate surface area is 177 Å². The maximum Gasteiger partial charge on any atom is 0.414 e. The van der Waals surface area contributed by atoms with Crippen molar-refractivity contribution in [3.05, 3.63) is 34.1 Å². The van der Waals surface area contributed by atoms with Crippen LogP contribution in [0.5, 0.6) is 0 Å². The molecule has 0 bridgehead atoms. The first kappa shape index (κ1) is 22.0. The summed E-state index contributed by atoms with van der Waals surface area (Å²) in [4.78, 5) is 16.8. The summed E-state index contributed by atoms with van der Waals surface area (Å²) in [7, 11) is -2.73. The number of carbonyl (C=O) groups is 1. The van der Waals surface area contributed by atoms with Gasteiger partial charge in [0.25, 0.3) is 0 Å². The normalized spacial score (nSPS) is 26.3. The maximum atomic E-state index is 14.8. The van der Waals surface area contributed by atoms with Crippen LogP contribution < -0.4 is 5.32 Å². The van der Waals surface area contributed by atoms with Crippen LogP contribution in [0, 0.1) is 5.82 Å². The molecule has 0 saturated carbocycles. The molecular weight excluding hydrogens is 469 g/mol. The van der Waals surface area contributed by atoms with Crippen molar-refractivity contribution in [2.75, 3.05) is 20.3 Å². The van der Waals surface area contributed by atoms with E-state index in [1.807, 2.05) is 0 Å². The molecule has 29 heavy (non-hydrogen) atoms. The van der Waals surface area contributed by atoms with E-state index >= 15 is 0 Å². The Balaban J connectivity index is 2.15. The summed E-state index contributed by atoms with van der Waals surface area (Å²) in [6.07, 6.45) is -0.717. The number of guanidine groups is 1. The van der Waals surface area contributed by atoms with Gasteiger partial charge in [0.05, 0.1) is 6.61 Å². The molecule has 2 aliphatic heterocycles. The third kappa shape index (κ3) is 4.13. The summed E-state index contributed by atoms with van der Waals surface area (Å²) in [5.41, 5.74) is -2.10. The summed E-state index contributed by atoms with van der Waals surface area (Å²) in [6.45, 7) is 5.11. The lowest BCUT2D eigenvalue weighted by molar-refractivity contribution is 0.0501. The van der Waals surface area contributed by atoms with Gasteiger partial charge in [-0.15, -0.1) is 0 Å². The molecule has 2 atom stereocenters. The van der Waals surface area contributed by atoms with E-state index in [-0.39, 0.29) is 31.2 Å². The van der Waals surface area contributed by atoms with E-state index in [4.69, 9.17) is 9.47 Å². The number of hydrogen-bond donors (Lipinski definition) is 1. The molecule has 0 aliphatic carbocycles. The molecule has 2 aliphatic rings. The minimum absolute atomic E-state index is 0.125. The number of hydrogen-bond acceptors (Lipinski definition) is 6. The third-order valence-corrected chi connectivity index (χ3v) is 7.46. The molecule has 1 saturated heterocycles. The van der Waals surface area contributed by atoms with Crippen LogP contribution in [-0.4, -0.2) is 55.9 Å². The molecule has 8 nitrogen and oxygen atoms in total. The molecule has 1 N–H and O–H groups in total. The highest BCUT2D eigenvalue weighted by Gasteiger charge is 2.56. The summed E-state index contributed by atoms with van der Waals surface area (Å²) in [5, 5.41) is 1.27. The van der Waals surface area contributed by atoms with E-state index in [2.05, 4.69) is 26.2 Å². The molecule has 0 aromatic heterocycles. The summed E-state index contributed by atoms with van der Waals surface area (Å²) in [5.74, 6) is -0.808. The first-order valence-electron chi connectivity index (χ1n) is 8.98. The van der Waals surface area contributed by atoms with E-state index in [0.717, 1.165) is 4.31 Å². The van der Waals surface area contributed by atoms with Gasteiger partial charge < -0.3 is 9.47 Å². The van der Waals surface area contributed by atoms with Gasteiger partial charge in [-0.2, -0.15) is 0 Å². The van der Waals surface area contributed by atoms with Gasteiger partial charge in [-0.1, -0.05) is 15.9 Å². The largest absolute Gasteiger partial charge is 0.444 e. The number of aliphatic imine (C=N–C) groups is 1. The van der Waals surface area contributed by atoms with Crippen LogP contribution in [-0.2, 0) is 25.0 Å². The zero-order valence-electron chi connectivity index (χ0n) is 16.5. The predicted molar refractivity (Wildman–Crippen MR) is 108 cm³/mol. The number of amides is 1. The quantitative estimate of drug-likeness (QED) is 0.651. The molecule has 160 valence electrons. The first-order valence-corrected chi connectivity index (χ1v) is 11.3. The van der Waals surface area contributed by atoms with Crippen LogP contribution in [0.15, 0.2) is 27.7 Å². The van der Waals surface area contributed by atoms with Crippen molar-refractivity contribution >= 4 is 38.0 Å². The highest BCUT2D eigenvalue weighted by molar-refractivity contribution is 9.10. The minimum atomic E-state index is -4.01. The van der Waals surface area contributed by atoms with Gasteiger partial charge in [0.2, 0.25) is 16.0 Å². The van der Waals surface area contributed by atoms with Crippen LogP contribution >= 0.6 is 15.9 Å². The molecule has 1 fully saturated rings. The Morgan fingerprint density at radius 1 is 1.45 bits per heavy atom. The zero-order valence-corrected chi connectivity index (χ0v) is 18.9. The second-order valence-electron chi connectivity index (χ2n) is 7.94. The van der Waals surface area contributed by atoms with Crippen molar-refractivity contribution in [2.45, 2.75) is 43.6 Å². The predicted octanol–water partition coefficient (Wildman–Crippen LogP) is 2.73. The van der Waals surface area contributed by atoms with Gasteiger partial charge in [0.1, 0.15) is 22.2 Å². The van der Waals surface area contributed by atoms with Crippen molar-refractivity contribution in [2.24, 2.45) is 4.99 Å². The van der Waals surface area contributed by atoms with Crippen molar-refractivity contribution in [3.8, 4) is 0 Å². The number of carbonyl (C=O) groups excluding carboxylic acids is 1. The first-order chi connectivity index (χ1) is 13.4. The number of nitrogens with zero attached hydrogens (tertiary/aromatic N) is 2. The fourth-order valence-corrected chi connectivity index (χ4v) is 5.58. The number of sulfonamides is 1. The van der Waals surface area contributed by atoms with Gasteiger partial charge in [-0.3, -0.25) is 5.32 Å². The number of fused-ring (bicyclic) bond motifs is 1. The van der Waals surface area contributed by atoms with Crippen LogP contribution in [0.1, 0.15) is 32.8 Å². The van der Waals surface area contributed by atoms with E-state index < -0.39 is 38.3 Å². The van der Waals surface area contributed by atoms with Crippen LogP contribution in [0.4, 0.5) is 9.18 Å². The van der Waals surface area contributed by atoms with E-state index in [9.17, 15) is 17.6 Å². The third-order valence-electron chi connectivity index (χ3n) is 4.78. The number of rotatable bonds is 1. The minimum Gasteiger partial charge on any atom is -0.444 e. The summed E-state index contributed by atoms with van der Waals surface area (Å²) >= 11 is 3.31. The van der Waals surface area contributed by atoms with Crippen molar-refractivity contribution < 1.29 is 27.1 Å². The number of alkyl carbamates (subject to hydrolysis) is 1. The summed E-state index contributed by atoms with van der Waals surface area (Å²) < 4.78 is 53.4. The Kier molecular flexibility index (Phi) is 5.69. The Morgan fingerprint density at radius 2 is 2.14 bits per heavy atom. The molecule has 3 rings (SSSR count). The van der Waals surface area contributed by atoms with Crippen LogP contribution in [0.25, 0.3) is 0 Å². The fraction of sp³-hybridized carbons (Fsp3) is 0.556.